The zero-order chi connectivity index (χ0) is 26.3. The fraction of sp³-hybridized carbons (Fsp3) is 0.357. The van der Waals surface area contributed by atoms with Gasteiger partial charge in [0.1, 0.15) is 11.3 Å². The third-order valence-electron chi connectivity index (χ3n) is 7.29. The van der Waals surface area contributed by atoms with E-state index < -0.39 is 11.7 Å². The number of nitrogens with zero attached hydrogens (tertiary/aromatic N) is 4. The van der Waals surface area contributed by atoms with Gasteiger partial charge in [0.2, 0.25) is 0 Å². The minimum atomic E-state index is -4.57. The predicted octanol–water partition coefficient (Wildman–Crippen LogP) is 5.73. The van der Waals surface area contributed by atoms with Crippen LogP contribution in [0.15, 0.2) is 59.7 Å². The molecule has 0 unspecified atom stereocenters. The Morgan fingerprint density at radius 1 is 1.03 bits per heavy atom. The van der Waals surface area contributed by atoms with Gasteiger partial charge in [-0.2, -0.15) is 13.2 Å². The molecule has 0 spiro atoms. The number of anilines is 1. The highest BCUT2D eigenvalue weighted by molar-refractivity contribution is 5.83. The molecular formula is C28H29F3N4O2. The van der Waals surface area contributed by atoms with Crippen LogP contribution in [0.4, 0.5) is 18.9 Å². The molecule has 1 fully saturated rings. The van der Waals surface area contributed by atoms with Crippen molar-refractivity contribution in [2.45, 2.75) is 45.5 Å². The molecule has 0 aliphatic carbocycles. The Kier molecular flexibility index (Phi) is 6.47. The molecule has 6 nitrogen and oxygen atoms in total. The van der Waals surface area contributed by atoms with Gasteiger partial charge in [0.15, 0.2) is 0 Å². The number of ether oxygens (including phenoxy) is 1. The summed E-state index contributed by atoms with van der Waals surface area (Å²) in [6.45, 7) is 5.53. The number of methoxy groups -OCH3 is 1. The van der Waals surface area contributed by atoms with Gasteiger partial charge in [-0.25, -0.2) is 4.79 Å². The van der Waals surface area contributed by atoms with E-state index in [1.165, 1.54) is 40.8 Å². The summed E-state index contributed by atoms with van der Waals surface area (Å²) in [5.74, 6) is 0.448. The summed E-state index contributed by atoms with van der Waals surface area (Å²) in [6.07, 6.45) is -0.967. The van der Waals surface area contributed by atoms with E-state index in [-0.39, 0.29) is 23.8 Å². The van der Waals surface area contributed by atoms with E-state index in [0.717, 1.165) is 32.1 Å². The van der Waals surface area contributed by atoms with Crippen LogP contribution < -0.4 is 15.3 Å². The van der Waals surface area contributed by atoms with E-state index in [2.05, 4.69) is 41.9 Å². The summed E-state index contributed by atoms with van der Waals surface area (Å²) >= 11 is 0. The van der Waals surface area contributed by atoms with Crippen molar-refractivity contribution >= 4 is 16.7 Å². The molecule has 0 N–H and O–H groups in total. The standard InChI is InChI=1S/C28H29F3N4O2/c1-18-6-4-7-19(2)25(18)33-14-11-21(12-15-33)35-23-8-5-9-24(37-3)26(23)34(27(35)36)17-20-10-13-32-16-22(20)28(29,30)31/h4-10,13,16,21H,11-12,14-15,17H2,1-3H3. The fourth-order valence-electron chi connectivity index (χ4n) is 5.61. The Morgan fingerprint density at radius 2 is 1.70 bits per heavy atom. The van der Waals surface area contributed by atoms with Crippen LogP contribution in [-0.2, 0) is 12.7 Å². The van der Waals surface area contributed by atoms with Crippen LogP contribution in [0.3, 0.4) is 0 Å². The van der Waals surface area contributed by atoms with Gasteiger partial charge in [0.05, 0.1) is 24.7 Å². The lowest BCUT2D eigenvalue weighted by Crippen LogP contribution is -2.38. The Morgan fingerprint density at radius 3 is 2.35 bits per heavy atom. The summed E-state index contributed by atoms with van der Waals surface area (Å²) in [5.41, 5.74) is 3.63. The molecule has 3 heterocycles. The molecule has 0 amide bonds. The lowest BCUT2D eigenvalue weighted by atomic mass is 10.0. The number of aryl methyl sites for hydroxylation is 2. The smallest absolute Gasteiger partial charge is 0.418 e. The number of hydrogen-bond acceptors (Lipinski definition) is 4. The maximum atomic E-state index is 13.8. The topological polar surface area (TPSA) is 52.3 Å². The first-order chi connectivity index (χ1) is 17.7. The highest BCUT2D eigenvalue weighted by Crippen LogP contribution is 2.35. The first-order valence-corrected chi connectivity index (χ1v) is 12.3. The third kappa shape index (κ3) is 4.47. The van der Waals surface area contributed by atoms with Gasteiger partial charge in [0.25, 0.3) is 0 Å². The van der Waals surface area contributed by atoms with Crippen molar-refractivity contribution in [1.29, 1.82) is 0 Å². The number of aromatic nitrogens is 3. The minimum Gasteiger partial charge on any atom is -0.494 e. The van der Waals surface area contributed by atoms with Crippen molar-refractivity contribution in [1.82, 2.24) is 14.1 Å². The molecule has 37 heavy (non-hydrogen) atoms. The van der Waals surface area contributed by atoms with Crippen LogP contribution in [0, 0.1) is 13.8 Å². The van der Waals surface area contributed by atoms with Crippen LogP contribution in [-0.4, -0.2) is 34.3 Å². The fourth-order valence-corrected chi connectivity index (χ4v) is 5.61. The molecule has 0 radical (unpaired) electrons. The Labute approximate surface area is 212 Å². The van der Waals surface area contributed by atoms with Crippen molar-refractivity contribution < 1.29 is 17.9 Å². The van der Waals surface area contributed by atoms with Crippen LogP contribution in [0.5, 0.6) is 5.75 Å². The van der Waals surface area contributed by atoms with Crippen LogP contribution in [0.1, 0.15) is 41.1 Å². The molecule has 1 aliphatic rings. The van der Waals surface area contributed by atoms with E-state index in [9.17, 15) is 18.0 Å². The monoisotopic (exact) mass is 510 g/mol. The number of rotatable bonds is 5. The lowest BCUT2D eigenvalue weighted by molar-refractivity contribution is -0.138. The van der Waals surface area contributed by atoms with E-state index in [1.807, 2.05) is 6.07 Å². The Balaban J connectivity index is 1.55. The van der Waals surface area contributed by atoms with Gasteiger partial charge < -0.3 is 9.64 Å². The van der Waals surface area contributed by atoms with Gasteiger partial charge in [-0.15, -0.1) is 0 Å². The van der Waals surface area contributed by atoms with E-state index in [4.69, 9.17) is 4.74 Å². The number of halogens is 3. The number of pyridine rings is 1. The number of piperidine rings is 1. The van der Waals surface area contributed by atoms with Gasteiger partial charge in [0, 0.05) is 37.2 Å². The molecule has 4 aromatic rings. The van der Waals surface area contributed by atoms with Gasteiger partial charge in [-0.3, -0.25) is 14.1 Å². The maximum Gasteiger partial charge on any atom is 0.418 e. The van der Waals surface area contributed by atoms with Crippen molar-refractivity contribution in [3.05, 3.63) is 87.6 Å². The second kappa shape index (κ2) is 9.61. The average molecular weight is 511 g/mol. The molecular weight excluding hydrogens is 481 g/mol. The summed E-state index contributed by atoms with van der Waals surface area (Å²) in [5, 5.41) is 0. The molecule has 194 valence electrons. The van der Waals surface area contributed by atoms with Crippen molar-refractivity contribution in [2.24, 2.45) is 0 Å². The highest BCUT2D eigenvalue weighted by atomic mass is 19.4. The quantitative estimate of drug-likeness (QED) is 0.344. The molecule has 0 bridgehead atoms. The number of fused-ring (bicyclic) bond motifs is 1. The van der Waals surface area contributed by atoms with Crippen LogP contribution in [0.25, 0.3) is 11.0 Å². The van der Waals surface area contributed by atoms with Crippen LogP contribution >= 0.6 is 0 Å². The van der Waals surface area contributed by atoms with E-state index in [0.29, 0.717) is 16.8 Å². The SMILES string of the molecule is COc1cccc2c1n(Cc1ccncc1C(F)(F)F)c(=O)n2C1CCN(c2c(C)cccc2C)CC1. The molecule has 0 atom stereocenters. The second-order valence-corrected chi connectivity index (χ2v) is 9.56. The summed E-state index contributed by atoms with van der Waals surface area (Å²) in [6, 6.07) is 12.9. The lowest BCUT2D eigenvalue weighted by Gasteiger charge is -2.35. The molecule has 2 aromatic heterocycles. The zero-order valence-electron chi connectivity index (χ0n) is 21.0. The van der Waals surface area contributed by atoms with E-state index >= 15 is 0 Å². The minimum absolute atomic E-state index is 0.0144. The number of benzene rings is 2. The molecule has 1 saturated heterocycles. The number of hydrogen-bond donors (Lipinski definition) is 0. The summed E-state index contributed by atoms with van der Waals surface area (Å²) < 4.78 is 49.7. The van der Waals surface area contributed by atoms with Crippen molar-refractivity contribution in [3.8, 4) is 5.75 Å². The second-order valence-electron chi connectivity index (χ2n) is 9.56. The molecule has 1 aliphatic heterocycles. The normalized spacial score (nSPS) is 14.9. The number of imidazole rings is 1. The maximum absolute atomic E-state index is 13.8. The van der Waals surface area contributed by atoms with Crippen molar-refractivity contribution in [3.63, 3.8) is 0 Å². The molecule has 2 aromatic carbocycles. The van der Waals surface area contributed by atoms with Gasteiger partial charge >= 0.3 is 11.9 Å². The molecule has 9 heteroatoms. The molecule has 5 rings (SSSR count). The summed E-state index contributed by atoms with van der Waals surface area (Å²) in [4.78, 5) is 19.9. The first kappa shape index (κ1) is 24.9. The van der Waals surface area contributed by atoms with E-state index in [1.54, 1.807) is 16.7 Å². The first-order valence-electron chi connectivity index (χ1n) is 12.3. The largest absolute Gasteiger partial charge is 0.494 e. The van der Waals surface area contributed by atoms with Crippen molar-refractivity contribution in [2.75, 3.05) is 25.1 Å². The number of para-hydroxylation sites is 2. The molecule has 0 saturated carbocycles. The number of alkyl halides is 3. The Bertz CT molecular complexity index is 1480. The van der Waals surface area contributed by atoms with Gasteiger partial charge in [-0.1, -0.05) is 24.3 Å². The zero-order valence-corrected chi connectivity index (χ0v) is 21.0. The Hall–Kier alpha value is -3.75. The van der Waals surface area contributed by atoms with Gasteiger partial charge in [-0.05, 0) is 61.6 Å². The van der Waals surface area contributed by atoms with Crippen LogP contribution in [0.2, 0.25) is 0 Å². The third-order valence-corrected chi connectivity index (χ3v) is 7.29. The highest BCUT2D eigenvalue weighted by Gasteiger charge is 2.34. The average Bonchev–Trinajstić information content (AvgIpc) is 3.15. The summed E-state index contributed by atoms with van der Waals surface area (Å²) in [7, 11) is 1.50. The predicted molar refractivity (Wildman–Crippen MR) is 137 cm³/mol.